The monoisotopic (exact) mass is 264 g/mol. The summed E-state index contributed by atoms with van der Waals surface area (Å²) in [7, 11) is 0. The smallest absolute Gasteiger partial charge is 0.163 e. The van der Waals surface area contributed by atoms with E-state index in [-0.39, 0.29) is 5.78 Å². The first kappa shape index (κ1) is 10.1. The minimum absolute atomic E-state index is 0.00880. The van der Waals surface area contributed by atoms with Gasteiger partial charge in [0.2, 0.25) is 0 Å². The van der Waals surface area contributed by atoms with Crippen LogP contribution in [-0.4, -0.2) is 16.0 Å². The number of ketones is 1. The Morgan fingerprint density at radius 2 is 2.13 bits per heavy atom. The molecule has 4 heteroatoms. The predicted octanol–water partition coefficient (Wildman–Crippen LogP) is 3.04. The third-order valence-electron chi connectivity index (χ3n) is 2.16. The van der Waals surface area contributed by atoms with E-state index in [1.807, 2.05) is 24.3 Å². The summed E-state index contributed by atoms with van der Waals surface area (Å²) >= 11 is 3.44. The number of carbonyl (C=O) groups excluding carboxylic acids is 1. The van der Waals surface area contributed by atoms with Gasteiger partial charge in [0.05, 0.1) is 17.5 Å². The Hall–Kier alpha value is -1.42. The zero-order valence-corrected chi connectivity index (χ0v) is 9.71. The van der Waals surface area contributed by atoms with E-state index in [4.69, 9.17) is 0 Å². The van der Waals surface area contributed by atoms with Crippen LogP contribution in [0.15, 0.2) is 34.9 Å². The van der Waals surface area contributed by atoms with Crippen LogP contribution < -0.4 is 0 Å². The van der Waals surface area contributed by atoms with E-state index in [0.717, 1.165) is 15.7 Å². The fourth-order valence-corrected chi connectivity index (χ4v) is 1.91. The molecule has 1 N–H and O–H groups in total. The lowest BCUT2D eigenvalue weighted by Gasteiger charge is -2.02. The highest BCUT2D eigenvalue weighted by molar-refractivity contribution is 9.10. The van der Waals surface area contributed by atoms with Gasteiger partial charge in [-0.2, -0.15) is 5.10 Å². The number of benzene rings is 1. The van der Waals surface area contributed by atoms with Gasteiger partial charge in [0.15, 0.2) is 5.78 Å². The summed E-state index contributed by atoms with van der Waals surface area (Å²) in [6, 6.07) is 7.71. The van der Waals surface area contributed by atoms with Crippen LogP contribution in [0.5, 0.6) is 0 Å². The van der Waals surface area contributed by atoms with Crippen molar-refractivity contribution in [3.63, 3.8) is 0 Å². The van der Waals surface area contributed by atoms with Crippen LogP contribution >= 0.6 is 15.9 Å². The Bertz CT molecular complexity index is 505. The van der Waals surface area contributed by atoms with E-state index in [0.29, 0.717) is 5.56 Å². The lowest BCUT2D eigenvalue weighted by atomic mass is 10.1. The average Bonchev–Trinajstić information content (AvgIpc) is 2.67. The maximum Gasteiger partial charge on any atom is 0.163 e. The van der Waals surface area contributed by atoms with Gasteiger partial charge in [0, 0.05) is 10.0 Å². The molecule has 3 nitrogen and oxygen atoms in total. The standard InChI is InChI=1S/C11H9BrN2O/c1-7(15)9-6-13-14-11(9)8-4-2-3-5-10(8)12/h2-6H,1H3,(H,13,14). The van der Waals surface area contributed by atoms with Gasteiger partial charge in [-0.1, -0.05) is 34.1 Å². The Labute approximate surface area is 95.6 Å². The van der Waals surface area contributed by atoms with Crippen LogP contribution in [-0.2, 0) is 0 Å². The van der Waals surface area contributed by atoms with Crippen molar-refractivity contribution in [2.45, 2.75) is 6.92 Å². The van der Waals surface area contributed by atoms with Crippen molar-refractivity contribution in [3.05, 3.63) is 40.5 Å². The molecule has 0 atom stereocenters. The molecule has 0 bridgehead atoms. The van der Waals surface area contributed by atoms with E-state index < -0.39 is 0 Å². The van der Waals surface area contributed by atoms with Gasteiger partial charge in [-0.05, 0) is 13.0 Å². The summed E-state index contributed by atoms with van der Waals surface area (Å²) in [5.74, 6) is 0.00880. The molecule has 0 fully saturated rings. The first-order chi connectivity index (χ1) is 7.20. The number of nitrogens with zero attached hydrogens (tertiary/aromatic N) is 1. The highest BCUT2D eigenvalue weighted by Crippen LogP contribution is 2.28. The van der Waals surface area contributed by atoms with Gasteiger partial charge in [-0.25, -0.2) is 0 Å². The molecule has 0 aliphatic carbocycles. The number of hydrogen-bond donors (Lipinski definition) is 1. The summed E-state index contributed by atoms with van der Waals surface area (Å²) in [6.07, 6.45) is 1.55. The quantitative estimate of drug-likeness (QED) is 0.848. The highest BCUT2D eigenvalue weighted by atomic mass is 79.9. The number of rotatable bonds is 2. The third kappa shape index (κ3) is 1.85. The zero-order valence-electron chi connectivity index (χ0n) is 8.12. The Morgan fingerprint density at radius 3 is 2.80 bits per heavy atom. The van der Waals surface area contributed by atoms with Crippen molar-refractivity contribution < 1.29 is 4.79 Å². The number of halogens is 1. The molecule has 1 aromatic heterocycles. The van der Waals surface area contributed by atoms with Crippen molar-refractivity contribution in [2.75, 3.05) is 0 Å². The van der Waals surface area contributed by atoms with Crippen molar-refractivity contribution >= 4 is 21.7 Å². The molecule has 2 aromatic rings. The topological polar surface area (TPSA) is 45.8 Å². The van der Waals surface area contributed by atoms with Crippen LogP contribution in [0.3, 0.4) is 0 Å². The van der Waals surface area contributed by atoms with Crippen LogP contribution in [0.1, 0.15) is 17.3 Å². The summed E-state index contributed by atoms with van der Waals surface area (Å²) < 4.78 is 0.941. The molecular weight excluding hydrogens is 256 g/mol. The number of hydrogen-bond acceptors (Lipinski definition) is 2. The average molecular weight is 265 g/mol. The summed E-state index contributed by atoms with van der Waals surface area (Å²) in [5.41, 5.74) is 2.32. The number of aromatic nitrogens is 2. The predicted molar refractivity (Wildman–Crippen MR) is 61.7 cm³/mol. The van der Waals surface area contributed by atoms with Gasteiger partial charge >= 0.3 is 0 Å². The fourth-order valence-electron chi connectivity index (χ4n) is 1.42. The second kappa shape index (κ2) is 3.98. The second-order valence-corrected chi connectivity index (χ2v) is 4.05. The van der Waals surface area contributed by atoms with Crippen molar-refractivity contribution in [1.29, 1.82) is 0 Å². The van der Waals surface area contributed by atoms with Gasteiger partial charge in [0.1, 0.15) is 0 Å². The summed E-state index contributed by atoms with van der Waals surface area (Å²) in [4.78, 5) is 11.3. The van der Waals surface area contributed by atoms with E-state index >= 15 is 0 Å². The molecule has 76 valence electrons. The number of nitrogens with one attached hydrogen (secondary N) is 1. The fraction of sp³-hybridized carbons (Fsp3) is 0.0909. The van der Waals surface area contributed by atoms with Crippen molar-refractivity contribution in [3.8, 4) is 11.3 Å². The van der Waals surface area contributed by atoms with E-state index in [1.165, 1.54) is 6.92 Å². The van der Waals surface area contributed by atoms with Crippen LogP contribution in [0.4, 0.5) is 0 Å². The lowest BCUT2D eigenvalue weighted by Crippen LogP contribution is -1.93. The van der Waals surface area contributed by atoms with E-state index in [9.17, 15) is 4.79 Å². The number of carbonyl (C=O) groups is 1. The molecule has 0 saturated carbocycles. The van der Waals surface area contributed by atoms with Gasteiger partial charge in [-0.15, -0.1) is 0 Å². The normalized spacial score (nSPS) is 10.3. The van der Waals surface area contributed by atoms with E-state index in [1.54, 1.807) is 6.20 Å². The number of Topliss-reactive ketones (excluding diaryl/α,β-unsaturated/α-hetero) is 1. The van der Waals surface area contributed by atoms with Crippen molar-refractivity contribution in [2.24, 2.45) is 0 Å². The van der Waals surface area contributed by atoms with Crippen LogP contribution in [0.25, 0.3) is 11.3 Å². The molecule has 0 aliphatic rings. The summed E-state index contributed by atoms with van der Waals surface area (Å²) in [6.45, 7) is 1.53. The zero-order chi connectivity index (χ0) is 10.8. The lowest BCUT2D eigenvalue weighted by molar-refractivity contribution is 0.101. The van der Waals surface area contributed by atoms with E-state index in [2.05, 4.69) is 26.1 Å². The Morgan fingerprint density at radius 1 is 1.40 bits per heavy atom. The minimum atomic E-state index is 0.00880. The molecule has 1 aromatic carbocycles. The Kier molecular flexibility index (Phi) is 2.68. The van der Waals surface area contributed by atoms with Crippen LogP contribution in [0, 0.1) is 0 Å². The minimum Gasteiger partial charge on any atom is -0.294 e. The molecule has 0 aliphatic heterocycles. The second-order valence-electron chi connectivity index (χ2n) is 3.19. The highest BCUT2D eigenvalue weighted by Gasteiger charge is 2.12. The molecule has 0 saturated heterocycles. The Balaban J connectivity index is 2.59. The molecule has 1 heterocycles. The van der Waals surface area contributed by atoms with Crippen LogP contribution in [0.2, 0.25) is 0 Å². The third-order valence-corrected chi connectivity index (χ3v) is 2.85. The molecule has 2 rings (SSSR count). The SMILES string of the molecule is CC(=O)c1cn[nH]c1-c1ccccc1Br. The number of H-pyrrole nitrogens is 1. The van der Waals surface area contributed by atoms with Gasteiger partial charge in [0.25, 0.3) is 0 Å². The summed E-state index contributed by atoms with van der Waals surface area (Å²) in [5, 5.41) is 6.74. The first-order valence-electron chi connectivity index (χ1n) is 4.49. The molecule has 15 heavy (non-hydrogen) atoms. The van der Waals surface area contributed by atoms with Gasteiger partial charge < -0.3 is 0 Å². The van der Waals surface area contributed by atoms with Gasteiger partial charge in [-0.3, -0.25) is 9.89 Å². The maximum absolute atomic E-state index is 11.3. The largest absolute Gasteiger partial charge is 0.294 e. The molecule has 0 spiro atoms. The molecule has 0 unspecified atom stereocenters. The van der Waals surface area contributed by atoms with Crippen molar-refractivity contribution in [1.82, 2.24) is 10.2 Å². The first-order valence-corrected chi connectivity index (χ1v) is 5.28. The molecule has 0 amide bonds. The molecular formula is C11H9BrN2O. The maximum atomic E-state index is 11.3. The molecule has 0 radical (unpaired) electrons. The number of aromatic amines is 1.